The molecule has 100 valence electrons. The highest BCUT2D eigenvalue weighted by molar-refractivity contribution is 6.65. The zero-order valence-electron chi connectivity index (χ0n) is 11.5. The van der Waals surface area contributed by atoms with Gasteiger partial charge in [0, 0.05) is 10.8 Å². The summed E-state index contributed by atoms with van der Waals surface area (Å²) < 4.78 is 12.1. The molecular weight excluding hydrogens is 262 g/mol. The van der Waals surface area contributed by atoms with E-state index < -0.39 is 7.12 Å². The number of halogens is 1. The van der Waals surface area contributed by atoms with E-state index in [9.17, 15) is 0 Å². The van der Waals surface area contributed by atoms with Crippen LogP contribution in [0.2, 0.25) is 5.15 Å². The lowest BCUT2D eigenvalue weighted by Gasteiger charge is -2.32. The van der Waals surface area contributed by atoms with Crippen LogP contribution in [0.5, 0.6) is 0 Å². The molecule has 0 radical (unpaired) electrons. The van der Waals surface area contributed by atoms with Crippen LogP contribution in [0.1, 0.15) is 27.7 Å². The molecule has 2 aromatic rings. The minimum atomic E-state index is -0.423. The Morgan fingerprint density at radius 2 is 1.79 bits per heavy atom. The molecule has 3 rings (SSSR count). The SMILES string of the molecule is CC1(C)OB(c2cccc3c(Cl)[nH]nc23)OC1(C)C. The van der Waals surface area contributed by atoms with Crippen molar-refractivity contribution in [3.63, 3.8) is 0 Å². The van der Waals surface area contributed by atoms with Crippen molar-refractivity contribution in [3.05, 3.63) is 23.4 Å². The molecule has 1 N–H and O–H groups in total. The number of aromatic amines is 1. The van der Waals surface area contributed by atoms with Gasteiger partial charge in [0.2, 0.25) is 0 Å². The van der Waals surface area contributed by atoms with Gasteiger partial charge >= 0.3 is 7.12 Å². The van der Waals surface area contributed by atoms with Crippen molar-refractivity contribution < 1.29 is 9.31 Å². The summed E-state index contributed by atoms with van der Waals surface area (Å²) in [5.74, 6) is 0. The second-order valence-corrected chi connectivity index (χ2v) is 6.25. The molecule has 6 heteroatoms. The van der Waals surface area contributed by atoms with Crippen LogP contribution in [-0.4, -0.2) is 28.5 Å². The van der Waals surface area contributed by atoms with Crippen LogP contribution in [-0.2, 0) is 9.31 Å². The van der Waals surface area contributed by atoms with Gasteiger partial charge in [0.25, 0.3) is 0 Å². The van der Waals surface area contributed by atoms with Crippen LogP contribution in [0.15, 0.2) is 18.2 Å². The fourth-order valence-corrected chi connectivity index (χ4v) is 2.38. The van der Waals surface area contributed by atoms with Crippen LogP contribution < -0.4 is 5.46 Å². The average Bonchev–Trinajstić information content (AvgIpc) is 2.78. The van der Waals surface area contributed by atoms with Gasteiger partial charge in [-0.25, -0.2) is 0 Å². The summed E-state index contributed by atoms with van der Waals surface area (Å²) in [4.78, 5) is 0. The van der Waals surface area contributed by atoms with Crippen molar-refractivity contribution in [3.8, 4) is 0 Å². The van der Waals surface area contributed by atoms with Gasteiger partial charge in [-0.3, -0.25) is 5.10 Å². The largest absolute Gasteiger partial charge is 0.497 e. The fourth-order valence-electron chi connectivity index (χ4n) is 2.19. The highest BCUT2D eigenvalue weighted by Crippen LogP contribution is 2.37. The van der Waals surface area contributed by atoms with Crippen LogP contribution in [0.25, 0.3) is 10.9 Å². The maximum atomic E-state index is 6.06. The highest BCUT2D eigenvalue weighted by Gasteiger charge is 2.52. The van der Waals surface area contributed by atoms with Crippen LogP contribution in [0.3, 0.4) is 0 Å². The highest BCUT2D eigenvalue weighted by atomic mass is 35.5. The number of hydrogen-bond donors (Lipinski definition) is 1. The van der Waals surface area contributed by atoms with E-state index in [1.807, 2.05) is 45.9 Å². The molecule has 4 nitrogen and oxygen atoms in total. The first-order valence-corrected chi connectivity index (χ1v) is 6.68. The van der Waals surface area contributed by atoms with Crippen molar-refractivity contribution in [2.24, 2.45) is 0 Å². The number of fused-ring (bicyclic) bond motifs is 1. The molecule has 1 aliphatic rings. The predicted molar refractivity (Wildman–Crippen MR) is 76.8 cm³/mol. The molecule has 1 saturated heterocycles. The standard InChI is InChI=1S/C13H16BClN2O2/c1-12(2)13(3,4)19-14(18-12)9-7-5-6-8-10(9)16-17-11(8)15/h5-7H,1-4H3,(H,16,17). The average molecular weight is 279 g/mol. The normalized spacial score (nSPS) is 21.2. The Hall–Kier alpha value is -1.04. The molecule has 0 unspecified atom stereocenters. The predicted octanol–water partition coefficient (Wildman–Crippen LogP) is 2.52. The van der Waals surface area contributed by atoms with Gasteiger partial charge in [-0.05, 0) is 33.8 Å². The van der Waals surface area contributed by atoms with Crippen molar-refractivity contribution in [2.75, 3.05) is 0 Å². The summed E-state index contributed by atoms with van der Waals surface area (Å²) >= 11 is 6.06. The number of benzene rings is 1. The van der Waals surface area contributed by atoms with Crippen molar-refractivity contribution >= 4 is 35.1 Å². The third kappa shape index (κ3) is 1.88. The lowest BCUT2D eigenvalue weighted by atomic mass is 9.78. The summed E-state index contributed by atoms with van der Waals surface area (Å²) in [5, 5.41) is 8.45. The monoisotopic (exact) mass is 278 g/mol. The second kappa shape index (κ2) is 3.98. The van der Waals surface area contributed by atoms with Crippen molar-refractivity contribution in [1.29, 1.82) is 0 Å². The zero-order chi connectivity index (χ0) is 13.8. The van der Waals surface area contributed by atoms with E-state index in [0.29, 0.717) is 5.15 Å². The number of para-hydroxylation sites is 1. The van der Waals surface area contributed by atoms with Crippen molar-refractivity contribution in [1.82, 2.24) is 10.2 Å². The molecule has 0 amide bonds. The van der Waals surface area contributed by atoms with Crippen molar-refractivity contribution in [2.45, 2.75) is 38.9 Å². The van der Waals surface area contributed by atoms with Gasteiger partial charge in [-0.1, -0.05) is 23.7 Å². The van der Waals surface area contributed by atoms with E-state index in [4.69, 9.17) is 20.9 Å². The molecule has 0 atom stereocenters. The minimum Gasteiger partial charge on any atom is -0.399 e. The van der Waals surface area contributed by atoms with E-state index >= 15 is 0 Å². The lowest BCUT2D eigenvalue weighted by molar-refractivity contribution is 0.00578. The number of H-pyrrole nitrogens is 1. The molecular formula is C13H16BClN2O2. The molecule has 1 aliphatic heterocycles. The van der Waals surface area contributed by atoms with E-state index in [-0.39, 0.29) is 11.2 Å². The maximum Gasteiger partial charge on any atom is 0.497 e. The zero-order valence-corrected chi connectivity index (χ0v) is 12.2. The molecule has 19 heavy (non-hydrogen) atoms. The minimum absolute atomic E-state index is 0.361. The first-order chi connectivity index (χ1) is 8.82. The number of aromatic nitrogens is 2. The number of rotatable bonds is 1. The smallest absolute Gasteiger partial charge is 0.399 e. The molecule has 0 saturated carbocycles. The molecule has 2 heterocycles. The lowest BCUT2D eigenvalue weighted by Crippen LogP contribution is -2.41. The van der Waals surface area contributed by atoms with E-state index in [2.05, 4.69) is 10.2 Å². The molecule has 0 spiro atoms. The fraction of sp³-hybridized carbons (Fsp3) is 0.462. The molecule has 0 aliphatic carbocycles. The molecule has 1 fully saturated rings. The summed E-state index contributed by atoms with van der Waals surface area (Å²) in [5.41, 5.74) is 0.977. The van der Waals surface area contributed by atoms with Crippen LogP contribution in [0.4, 0.5) is 0 Å². The number of nitrogens with zero attached hydrogens (tertiary/aromatic N) is 1. The summed E-state index contributed by atoms with van der Waals surface area (Å²) in [7, 11) is -0.423. The van der Waals surface area contributed by atoms with Crippen LogP contribution >= 0.6 is 11.6 Å². The van der Waals surface area contributed by atoms with Gasteiger partial charge < -0.3 is 9.31 Å². The topological polar surface area (TPSA) is 47.1 Å². The first kappa shape index (κ1) is 13.0. The van der Waals surface area contributed by atoms with E-state index in [0.717, 1.165) is 16.4 Å². The molecule has 0 bridgehead atoms. The van der Waals surface area contributed by atoms with Crippen LogP contribution in [0, 0.1) is 0 Å². The quantitative estimate of drug-likeness (QED) is 0.815. The van der Waals surface area contributed by atoms with Gasteiger partial charge in [0.05, 0.1) is 16.7 Å². The Balaban J connectivity index is 2.07. The molecule has 1 aromatic carbocycles. The number of nitrogens with one attached hydrogen (secondary N) is 1. The Labute approximate surface area is 117 Å². The Bertz CT molecular complexity index is 623. The summed E-state index contributed by atoms with van der Waals surface area (Å²) in [6.07, 6.45) is 0. The second-order valence-electron chi connectivity index (χ2n) is 5.87. The number of hydrogen-bond acceptors (Lipinski definition) is 3. The van der Waals surface area contributed by atoms with Gasteiger partial charge in [-0.15, -0.1) is 0 Å². The van der Waals surface area contributed by atoms with E-state index in [1.54, 1.807) is 0 Å². The first-order valence-electron chi connectivity index (χ1n) is 6.30. The summed E-state index contributed by atoms with van der Waals surface area (Å²) in [6.45, 7) is 8.13. The molecule has 1 aromatic heterocycles. The third-order valence-corrected chi connectivity index (χ3v) is 4.36. The Morgan fingerprint density at radius 1 is 1.16 bits per heavy atom. The van der Waals surface area contributed by atoms with Gasteiger partial charge in [0.15, 0.2) is 0 Å². The van der Waals surface area contributed by atoms with E-state index in [1.165, 1.54) is 0 Å². The maximum absolute atomic E-state index is 6.06. The Kier molecular flexibility index (Phi) is 2.72. The van der Waals surface area contributed by atoms with Gasteiger partial charge in [0.1, 0.15) is 5.15 Å². The van der Waals surface area contributed by atoms with Gasteiger partial charge in [-0.2, -0.15) is 5.10 Å². The summed E-state index contributed by atoms with van der Waals surface area (Å²) in [6, 6.07) is 5.82. The third-order valence-electron chi connectivity index (χ3n) is 4.08. The Morgan fingerprint density at radius 3 is 2.42 bits per heavy atom.